The number of hydrogen-bond acceptors (Lipinski definition) is 4. The van der Waals surface area contributed by atoms with Gasteiger partial charge >= 0.3 is 0 Å². The van der Waals surface area contributed by atoms with E-state index in [2.05, 4.69) is 28.7 Å². The molecule has 0 unspecified atom stereocenters. The zero-order chi connectivity index (χ0) is 13.5. The molecule has 1 heterocycles. The van der Waals surface area contributed by atoms with Crippen molar-refractivity contribution >= 4 is 0 Å². The smallest absolute Gasteiger partial charge is 0.280 e. The lowest BCUT2D eigenvalue weighted by atomic mass is 10.2. The van der Waals surface area contributed by atoms with Crippen LogP contribution in [0.25, 0.3) is 0 Å². The zero-order valence-electron chi connectivity index (χ0n) is 10.9. The highest BCUT2D eigenvalue weighted by atomic mass is 19.3. The van der Waals surface area contributed by atoms with Crippen molar-refractivity contribution in [3.05, 3.63) is 23.3 Å². The number of likely N-dealkylation sites (N-methyl/N-ethyl adjacent to an activating group) is 1. The summed E-state index contributed by atoms with van der Waals surface area (Å²) < 4.78 is 25.5. The third kappa shape index (κ3) is 3.96. The normalized spacial score (nSPS) is 11.5. The van der Waals surface area contributed by atoms with Crippen LogP contribution in [-0.2, 0) is 13.0 Å². The van der Waals surface area contributed by atoms with E-state index in [1.54, 1.807) is 0 Å². The molecule has 0 saturated heterocycles. The second kappa shape index (κ2) is 7.33. The van der Waals surface area contributed by atoms with Crippen LogP contribution >= 0.6 is 0 Å². The van der Waals surface area contributed by atoms with E-state index in [1.165, 1.54) is 6.20 Å². The molecule has 0 saturated carbocycles. The van der Waals surface area contributed by atoms with Crippen molar-refractivity contribution < 1.29 is 8.78 Å². The third-order valence-corrected chi connectivity index (χ3v) is 2.92. The molecule has 4 nitrogen and oxygen atoms in total. The standard InChI is InChI=1S/C12H20F2N4/c1-3-18(4-2)6-5-10-16-8-9(7-15)11(17-10)12(13)14/h8,12H,3-7,15H2,1-2H3. The summed E-state index contributed by atoms with van der Waals surface area (Å²) >= 11 is 0. The van der Waals surface area contributed by atoms with Crippen molar-refractivity contribution in [2.24, 2.45) is 5.73 Å². The molecule has 0 fully saturated rings. The van der Waals surface area contributed by atoms with Crippen molar-refractivity contribution in [3.63, 3.8) is 0 Å². The molecule has 0 aliphatic rings. The molecule has 102 valence electrons. The lowest BCUT2D eigenvalue weighted by molar-refractivity contribution is 0.144. The number of nitrogens with two attached hydrogens (primary N) is 1. The summed E-state index contributed by atoms with van der Waals surface area (Å²) in [6.45, 7) is 6.80. The van der Waals surface area contributed by atoms with Gasteiger partial charge in [-0.15, -0.1) is 0 Å². The molecular weight excluding hydrogens is 238 g/mol. The molecule has 0 radical (unpaired) electrons. The molecule has 18 heavy (non-hydrogen) atoms. The van der Waals surface area contributed by atoms with E-state index >= 15 is 0 Å². The Hall–Kier alpha value is -1.14. The van der Waals surface area contributed by atoms with E-state index in [-0.39, 0.29) is 12.2 Å². The highest BCUT2D eigenvalue weighted by Gasteiger charge is 2.15. The van der Waals surface area contributed by atoms with E-state index in [0.717, 1.165) is 19.6 Å². The molecule has 6 heteroatoms. The van der Waals surface area contributed by atoms with Crippen molar-refractivity contribution in [1.29, 1.82) is 0 Å². The predicted molar refractivity (Wildman–Crippen MR) is 66.4 cm³/mol. The van der Waals surface area contributed by atoms with Gasteiger partial charge in [0.2, 0.25) is 0 Å². The highest BCUT2D eigenvalue weighted by molar-refractivity contribution is 5.18. The van der Waals surface area contributed by atoms with Gasteiger partial charge in [0.15, 0.2) is 0 Å². The minimum atomic E-state index is -2.60. The van der Waals surface area contributed by atoms with E-state index in [4.69, 9.17) is 5.73 Å². The largest absolute Gasteiger partial charge is 0.326 e. The fourth-order valence-corrected chi connectivity index (χ4v) is 1.72. The van der Waals surface area contributed by atoms with Crippen molar-refractivity contribution in [2.45, 2.75) is 33.2 Å². The number of alkyl halides is 2. The summed E-state index contributed by atoms with van der Waals surface area (Å²) in [5.74, 6) is 0.453. The number of halogens is 2. The third-order valence-electron chi connectivity index (χ3n) is 2.92. The Balaban J connectivity index is 2.75. The molecule has 0 aromatic carbocycles. The summed E-state index contributed by atoms with van der Waals surface area (Å²) in [6, 6.07) is 0. The molecule has 0 aliphatic heterocycles. The van der Waals surface area contributed by atoms with Gasteiger partial charge in [-0.25, -0.2) is 18.7 Å². The highest BCUT2D eigenvalue weighted by Crippen LogP contribution is 2.20. The molecule has 0 atom stereocenters. The molecule has 1 rings (SSSR count). The van der Waals surface area contributed by atoms with Crippen LogP contribution in [0.15, 0.2) is 6.20 Å². The second-order valence-corrected chi connectivity index (χ2v) is 3.98. The summed E-state index contributed by atoms with van der Waals surface area (Å²) in [7, 11) is 0. The van der Waals surface area contributed by atoms with Gasteiger partial charge in [0.25, 0.3) is 6.43 Å². The van der Waals surface area contributed by atoms with Gasteiger partial charge in [0, 0.05) is 31.3 Å². The fraction of sp³-hybridized carbons (Fsp3) is 0.667. The maximum Gasteiger partial charge on any atom is 0.280 e. The zero-order valence-corrected chi connectivity index (χ0v) is 10.9. The average molecular weight is 258 g/mol. The van der Waals surface area contributed by atoms with Gasteiger partial charge in [-0.2, -0.15) is 0 Å². The Kier molecular flexibility index (Phi) is 6.07. The maximum absolute atomic E-state index is 12.8. The van der Waals surface area contributed by atoms with E-state index in [1.807, 2.05) is 0 Å². The number of nitrogens with zero attached hydrogens (tertiary/aromatic N) is 3. The molecule has 1 aromatic rings. The van der Waals surface area contributed by atoms with Crippen LogP contribution in [0.4, 0.5) is 8.78 Å². The number of aromatic nitrogens is 2. The summed E-state index contributed by atoms with van der Waals surface area (Å²) in [5.41, 5.74) is 5.46. The summed E-state index contributed by atoms with van der Waals surface area (Å²) in [6.07, 6.45) is -0.614. The first-order valence-electron chi connectivity index (χ1n) is 6.17. The fourth-order valence-electron chi connectivity index (χ4n) is 1.72. The van der Waals surface area contributed by atoms with Gasteiger partial charge in [0.05, 0.1) is 0 Å². The van der Waals surface area contributed by atoms with Gasteiger partial charge in [-0.1, -0.05) is 13.8 Å². The van der Waals surface area contributed by atoms with Crippen molar-refractivity contribution in [2.75, 3.05) is 19.6 Å². The van der Waals surface area contributed by atoms with Crippen LogP contribution in [0, 0.1) is 0 Å². The van der Waals surface area contributed by atoms with Gasteiger partial charge in [-0.05, 0) is 13.1 Å². The first-order chi connectivity index (χ1) is 8.62. The van der Waals surface area contributed by atoms with E-state index in [0.29, 0.717) is 17.8 Å². The predicted octanol–water partition coefficient (Wildman–Crippen LogP) is 1.76. The van der Waals surface area contributed by atoms with Crippen LogP contribution < -0.4 is 5.73 Å². The Morgan fingerprint density at radius 2 is 2.00 bits per heavy atom. The molecule has 0 amide bonds. The van der Waals surface area contributed by atoms with Crippen LogP contribution in [0.3, 0.4) is 0 Å². The van der Waals surface area contributed by atoms with Crippen molar-refractivity contribution in [1.82, 2.24) is 14.9 Å². The van der Waals surface area contributed by atoms with Crippen LogP contribution in [0.1, 0.15) is 37.4 Å². The SMILES string of the molecule is CCN(CC)CCc1ncc(CN)c(C(F)F)n1. The monoisotopic (exact) mass is 258 g/mol. The number of hydrogen-bond donors (Lipinski definition) is 1. The molecule has 1 aromatic heterocycles. The number of rotatable bonds is 7. The van der Waals surface area contributed by atoms with Crippen LogP contribution in [0.2, 0.25) is 0 Å². The van der Waals surface area contributed by atoms with E-state index < -0.39 is 6.43 Å². The Morgan fingerprint density at radius 1 is 1.33 bits per heavy atom. The van der Waals surface area contributed by atoms with Gasteiger partial charge in [-0.3, -0.25) is 0 Å². The quantitative estimate of drug-likeness (QED) is 0.809. The molecule has 0 spiro atoms. The molecular formula is C12H20F2N4. The Morgan fingerprint density at radius 3 is 2.50 bits per heavy atom. The minimum absolute atomic E-state index is 0.0377. The maximum atomic E-state index is 12.8. The topological polar surface area (TPSA) is 55.0 Å². The lowest BCUT2D eigenvalue weighted by Gasteiger charge is -2.17. The molecule has 2 N–H and O–H groups in total. The average Bonchev–Trinajstić information content (AvgIpc) is 2.39. The van der Waals surface area contributed by atoms with Crippen LogP contribution in [-0.4, -0.2) is 34.5 Å². The van der Waals surface area contributed by atoms with Crippen molar-refractivity contribution in [3.8, 4) is 0 Å². The molecule has 0 bridgehead atoms. The van der Waals surface area contributed by atoms with Crippen LogP contribution in [0.5, 0.6) is 0 Å². The molecule has 0 aliphatic carbocycles. The minimum Gasteiger partial charge on any atom is -0.326 e. The second-order valence-electron chi connectivity index (χ2n) is 3.98. The summed E-state index contributed by atoms with van der Waals surface area (Å²) in [4.78, 5) is 10.2. The van der Waals surface area contributed by atoms with E-state index in [9.17, 15) is 8.78 Å². The first-order valence-corrected chi connectivity index (χ1v) is 6.17. The lowest BCUT2D eigenvalue weighted by Crippen LogP contribution is -2.26. The van der Waals surface area contributed by atoms with Gasteiger partial charge < -0.3 is 10.6 Å². The first kappa shape index (κ1) is 14.9. The Bertz CT molecular complexity index is 367. The Labute approximate surface area is 106 Å². The van der Waals surface area contributed by atoms with Gasteiger partial charge in [0.1, 0.15) is 11.5 Å². The summed E-state index contributed by atoms with van der Waals surface area (Å²) in [5, 5.41) is 0.